The highest BCUT2D eigenvalue weighted by molar-refractivity contribution is 6.39. The minimum Gasteiger partial charge on any atom is -0.351 e. The second-order valence-corrected chi connectivity index (χ2v) is 7.46. The van der Waals surface area contributed by atoms with Gasteiger partial charge < -0.3 is 10.2 Å². The summed E-state index contributed by atoms with van der Waals surface area (Å²) in [6.45, 7) is 2.49. The Labute approximate surface area is 176 Å². The molecule has 0 saturated carbocycles. The van der Waals surface area contributed by atoms with E-state index in [0.717, 1.165) is 25.1 Å². The summed E-state index contributed by atoms with van der Waals surface area (Å²) in [5.74, 6) is -0.711. The molecule has 30 heavy (non-hydrogen) atoms. The molecule has 0 unspecified atom stereocenters. The van der Waals surface area contributed by atoms with Crippen LogP contribution in [0.3, 0.4) is 0 Å². The molecule has 2 amide bonds. The van der Waals surface area contributed by atoms with Crippen molar-refractivity contribution in [1.82, 2.24) is 15.2 Å². The molecule has 0 fully saturated rings. The maximum atomic E-state index is 13.1. The Balaban J connectivity index is 1.44. The molecule has 2 aromatic rings. The quantitative estimate of drug-likeness (QED) is 0.647. The predicted molar refractivity (Wildman–Crippen MR) is 114 cm³/mol. The van der Waals surface area contributed by atoms with Gasteiger partial charge in [-0.1, -0.05) is 42.5 Å². The zero-order chi connectivity index (χ0) is 21.3. The van der Waals surface area contributed by atoms with Gasteiger partial charge in [0, 0.05) is 25.9 Å². The van der Waals surface area contributed by atoms with Gasteiger partial charge in [0.2, 0.25) is 5.91 Å². The van der Waals surface area contributed by atoms with Gasteiger partial charge in [-0.25, -0.2) is 9.40 Å². The lowest BCUT2D eigenvalue weighted by molar-refractivity contribution is -0.132. The first-order valence-electron chi connectivity index (χ1n) is 10.1. The van der Waals surface area contributed by atoms with Gasteiger partial charge in [0.15, 0.2) is 0 Å². The van der Waals surface area contributed by atoms with E-state index in [4.69, 9.17) is 0 Å². The van der Waals surface area contributed by atoms with Crippen LogP contribution in [-0.4, -0.2) is 47.6 Å². The highest BCUT2D eigenvalue weighted by Gasteiger charge is 2.24. The van der Waals surface area contributed by atoms with Gasteiger partial charge >= 0.3 is 0 Å². The molecular weight excluding hydrogens is 383 g/mol. The molecule has 6 nitrogen and oxygen atoms in total. The van der Waals surface area contributed by atoms with Crippen LogP contribution in [0.15, 0.2) is 59.7 Å². The van der Waals surface area contributed by atoms with Crippen LogP contribution < -0.4 is 5.32 Å². The highest BCUT2D eigenvalue weighted by Crippen LogP contribution is 2.14. The minimum absolute atomic E-state index is 0.140. The lowest BCUT2D eigenvalue weighted by Crippen LogP contribution is -2.39. The van der Waals surface area contributed by atoms with Crippen LogP contribution in [0, 0.1) is 5.82 Å². The molecule has 158 valence electrons. The first-order valence-corrected chi connectivity index (χ1v) is 10.1. The van der Waals surface area contributed by atoms with Crippen LogP contribution in [0.4, 0.5) is 4.39 Å². The smallest absolute Gasteiger partial charge is 0.267 e. The zero-order valence-corrected chi connectivity index (χ0v) is 17.2. The van der Waals surface area contributed by atoms with Crippen LogP contribution >= 0.6 is 0 Å². The minimum atomic E-state index is -0.332. The van der Waals surface area contributed by atoms with E-state index in [1.54, 1.807) is 12.1 Å². The number of nitrogens with one attached hydrogen (secondary N) is 1. The van der Waals surface area contributed by atoms with E-state index in [1.165, 1.54) is 22.7 Å². The maximum Gasteiger partial charge on any atom is 0.267 e. The molecule has 0 saturated heterocycles. The zero-order valence-electron chi connectivity index (χ0n) is 17.2. The Morgan fingerprint density at radius 2 is 1.83 bits per heavy atom. The third kappa shape index (κ3) is 6.49. The first kappa shape index (κ1) is 21.6. The van der Waals surface area contributed by atoms with Crippen LogP contribution in [-0.2, 0) is 22.7 Å². The third-order valence-electron chi connectivity index (χ3n) is 4.91. The summed E-state index contributed by atoms with van der Waals surface area (Å²) in [6.07, 6.45) is 1.40. The standard InChI is InChI=1S/C23H27FN4O2/c1-27(16-18-6-3-2-4-7-18)15-5-14-25-23(30)21-12-13-22(29)28(26-21)17-19-8-10-20(24)11-9-19/h2-4,6-11H,5,12-17H2,1H3,(H,25,30). The van der Waals surface area contributed by atoms with Crippen LogP contribution in [0.5, 0.6) is 0 Å². The van der Waals surface area contributed by atoms with Crippen molar-refractivity contribution < 1.29 is 14.0 Å². The summed E-state index contributed by atoms with van der Waals surface area (Å²) in [5, 5.41) is 8.42. The molecule has 2 aromatic carbocycles. The van der Waals surface area contributed by atoms with Crippen LogP contribution in [0.2, 0.25) is 0 Å². The first-order chi connectivity index (χ1) is 14.5. The Morgan fingerprint density at radius 1 is 1.10 bits per heavy atom. The molecule has 0 aromatic heterocycles. The maximum absolute atomic E-state index is 13.1. The number of halogens is 1. The molecule has 1 N–H and O–H groups in total. The van der Waals surface area contributed by atoms with E-state index in [2.05, 4.69) is 34.5 Å². The van der Waals surface area contributed by atoms with Gasteiger partial charge in [-0.15, -0.1) is 0 Å². The van der Waals surface area contributed by atoms with Crippen molar-refractivity contribution in [1.29, 1.82) is 0 Å². The van der Waals surface area contributed by atoms with E-state index in [-0.39, 0.29) is 30.6 Å². The number of hydrazone groups is 1. The van der Waals surface area contributed by atoms with Crippen molar-refractivity contribution in [2.45, 2.75) is 32.4 Å². The lowest BCUT2D eigenvalue weighted by Gasteiger charge is -2.23. The fraction of sp³-hybridized carbons (Fsp3) is 0.348. The molecule has 0 atom stereocenters. The van der Waals surface area contributed by atoms with E-state index in [0.29, 0.717) is 18.7 Å². The summed E-state index contributed by atoms with van der Waals surface area (Å²) in [6, 6.07) is 16.2. The Kier molecular flexibility index (Phi) is 7.68. The van der Waals surface area contributed by atoms with Gasteiger partial charge in [-0.05, 0) is 43.3 Å². The number of rotatable bonds is 9. The fourth-order valence-corrected chi connectivity index (χ4v) is 3.28. The average Bonchev–Trinajstić information content (AvgIpc) is 2.75. The van der Waals surface area contributed by atoms with E-state index in [1.807, 2.05) is 18.2 Å². The summed E-state index contributed by atoms with van der Waals surface area (Å²) < 4.78 is 13.1. The van der Waals surface area contributed by atoms with Crippen molar-refractivity contribution >= 4 is 17.5 Å². The van der Waals surface area contributed by atoms with Crippen molar-refractivity contribution in [3.8, 4) is 0 Å². The van der Waals surface area contributed by atoms with Gasteiger partial charge in [-0.2, -0.15) is 5.10 Å². The molecule has 0 spiro atoms. The van der Waals surface area contributed by atoms with E-state index in [9.17, 15) is 14.0 Å². The van der Waals surface area contributed by atoms with Crippen molar-refractivity contribution in [2.24, 2.45) is 5.10 Å². The van der Waals surface area contributed by atoms with Gasteiger partial charge in [0.25, 0.3) is 5.91 Å². The number of amides is 2. The number of carbonyl (C=O) groups is 2. The number of nitrogens with zero attached hydrogens (tertiary/aromatic N) is 3. The number of benzene rings is 2. The van der Waals surface area contributed by atoms with Gasteiger partial charge in [0.1, 0.15) is 11.5 Å². The number of hydrogen-bond donors (Lipinski definition) is 1. The summed E-state index contributed by atoms with van der Waals surface area (Å²) in [7, 11) is 2.05. The molecule has 0 radical (unpaired) electrons. The number of carbonyl (C=O) groups excluding carboxylic acids is 2. The number of hydrogen-bond acceptors (Lipinski definition) is 4. The fourth-order valence-electron chi connectivity index (χ4n) is 3.28. The monoisotopic (exact) mass is 410 g/mol. The van der Waals surface area contributed by atoms with Gasteiger partial charge in [0.05, 0.1) is 6.54 Å². The molecule has 3 rings (SSSR count). The average molecular weight is 410 g/mol. The Bertz CT molecular complexity index is 884. The second kappa shape index (κ2) is 10.6. The molecule has 1 aliphatic rings. The molecule has 1 heterocycles. The van der Waals surface area contributed by atoms with Crippen molar-refractivity contribution in [3.63, 3.8) is 0 Å². The molecule has 7 heteroatoms. The molecule has 1 aliphatic heterocycles. The second-order valence-electron chi connectivity index (χ2n) is 7.46. The molecular formula is C23H27FN4O2. The van der Waals surface area contributed by atoms with Crippen LogP contribution in [0.1, 0.15) is 30.4 Å². The summed E-state index contributed by atoms with van der Waals surface area (Å²) in [5.41, 5.74) is 2.37. The predicted octanol–water partition coefficient (Wildman–Crippen LogP) is 2.94. The summed E-state index contributed by atoms with van der Waals surface area (Å²) >= 11 is 0. The lowest BCUT2D eigenvalue weighted by atomic mass is 10.1. The third-order valence-corrected chi connectivity index (χ3v) is 4.91. The molecule has 0 aliphatic carbocycles. The SMILES string of the molecule is CN(CCCNC(=O)C1=NN(Cc2ccc(F)cc2)C(=O)CC1)Cc1ccccc1. The molecule has 0 bridgehead atoms. The summed E-state index contributed by atoms with van der Waals surface area (Å²) in [4.78, 5) is 26.8. The largest absolute Gasteiger partial charge is 0.351 e. The Hall–Kier alpha value is -3.06. The highest BCUT2D eigenvalue weighted by atomic mass is 19.1. The van der Waals surface area contributed by atoms with E-state index < -0.39 is 0 Å². The van der Waals surface area contributed by atoms with Gasteiger partial charge in [-0.3, -0.25) is 9.59 Å². The topological polar surface area (TPSA) is 65.0 Å². The van der Waals surface area contributed by atoms with Crippen molar-refractivity contribution in [2.75, 3.05) is 20.1 Å². The Morgan fingerprint density at radius 3 is 2.57 bits per heavy atom. The normalized spacial score (nSPS) is 14.0. The van der Waals surface area contributed by atoms with E-state index >= 15 is 0 Å². The van der Waals surface area contributed by atoms with Crippen LogP contribution in [0.25, 0.3) is 0 Å². The van der Waals surface area contributed by atoms with Crippen molar-refractivity contribution in [3.05, 3.63) is 71.5 Å².